The second-order valence-corrected chi connectivity index (χ2v) is 9.65. The van der Waals surface area contributed by atoms with Crippen LogP contribution in [0.4, 0.5) is 22.0 Å². The summed E-state index contributed by atoms with van der Waals surface area (Å²) >= 11 is 12.7. The summed E-state index contributed by atoms with van der Waals surface area (Å²) in [4.78, 5) is 22.2. The topological polar surface area (TPSA) is 54.8 Å². The lowest BCUT2D eigenvalue weighted by Crippen LogP contribution is -2.59. The highest BCUT2D eigenvalue weighted by molar-refractivity contribution is 7.99. The zero-order valence-electron chi connectivity index (χ0n) is 17.4. The Morgan fingerprint density at radius 2 is 1.88 bits per heavy atom. The van der Waals surface area contributed by atoms with Gasteiger partial charge < -0.3 is 9.74 Å². The lowest BCUT2D eigenvalue weighted by atomic mass is 9.86. The average Bonchev–Trinajstić information content (AvgIpc) is 3.22. The highest BCUT2D eigenvalue weighted by Gasteiger charge is 2.62. The summed E-state index contributed by atoms with van der Waals surface area (Å²) in [5.74, 6) is -0.985. The smallest absolute Gasteiger partial charge is 0.374 e. The minimum Gasteiger partial charge on any atom is -0.374 e. The SMILES string of the molecule is CSCC(=O)N1CC(F)(c2ccc(C3=NOC(c4cc(Cl)c(F)c(Cl)c4)(C(F)(F)F)C3)cn2)C1. The van der Waals surface area contributed by atoms with Crippen molar-refractivity contribution in [3.8, 4) is 0 Å². The van der Waals surface area contributed by atoms with Gasteiger partial charge in [0.15, 0.2) is 11.5 Å². The maximum absolute atomic E-state index is 15.1. The van der Waals surface area contributed by atoms with E-state index in [4.69, 9.17) is 28.0 Å². The number of likely N-dealkylation sites (tertiary alicyclic amines) is 1. The fraction of sp³-hybridized carbons (Fsp3) is 0.381. The number of halogens is 7. The van der Waals surface area contributed by atoms with E-state index in [2.05, 4.69) is 10.1 Å². The van der Waals surface area contributed by atoms with Gasteiger partial charge in [-0.3, -0.25) is 9.78 Å². The van der Waals surface area contributed by atoms with Crippen molar-refractivity contribution in [2.45, 2.75) is 23.9 Å². The largest absolute Gasteiger partial charge is 0.435 e. The zero-order valence-corrected chi connectivity index (χ0v) is 19.8. The minimum absolute atomic E-state index is 0.0585. The van der Waals surface area contributed by atoms with Gasteiger partial charge in [-0.15, -0.1) is 0 Å². The first-order valence-electron chi connectivity index (χ1n) is 9.79. The molecule has 4 rings (SSSR count). The van der Waals surface area contributed by atoms with E-state index < -0.39 is 45.3 Å². The fourth-order valence-electron chi connectivity index (χ4n) is 3.79. The number of carbonyl (C=O) groups excluding carboxylic acids is 1. The molecule has 5 nitrogen and oxygen atoms in total. The molecular weight excluding hydrogens is 524 g/mol. The molecule has 2 aliphatic heterocycles. The summed E-state index contributed by atoms with van der Waals surface area (Å²) in [5.41, 5.74) is -5.12. The molecule has 34 heavy (non-hydrogen) atoms. The molecule has 1 unspecified atom stereocenters. The van der Waals surface area contributed by atoms with Crippen LogP contribution in [0.3, 0.4) is 0 Å². The van der Waals surface area contributed by atoms with Crippen LogP contribution in [-0.2, 0) is 20.9 Å². The van der Waals surface area contributed by atoms with Crippen LogP contribution in [0.2, 0.25) is 10.0 Å². The number of amides is 1. The van der Waals surface area contributed by atoms with Crippen LogP contribution in [0.1, 0.15) is 23.2 Å². The summed E-state index contributed by atoms with van der Waals surface area (Å²) in [6.07, 6.45) is -2.74. The zero-order chi connectivity index (χ0) is 24.9. The van der Waals surface area contributed by atoms with E-state index in [9.17, 15) is 22.4 Å². The molecule has 0 aliphatic carbocycles. The van der Waals surface area contributed by atoms with Crippen LogP contribution in [0.15, 0.2) is 35.6 Å². The van der Waals surface area contributed by atoms with Gasteiger partial charge in [0.25, 0.3) is 5.60 Å². The number of hydrogen-bond acceptors (Lipinski definition) is 5. The highest BCUT2D eigenvalue weighted by Crippen LogP contribution is 2.50. The number of pyridine rings is 1. The standard InChI is InChI=1S/C21H16Cl2F5N3O2S/c1-34-8-17(32)31-9-19(25,10-31)16-3-2-11(7-29-16)15-6-20(33-30-15,21(26,27)28)12-4-13(22)18(24)14(23)5-12/h2-5,7H,6,8-10H2,1H3. The summed E-state index contributed by atoms with van der Waals surface area (Å²) in [7, 11) is 0. The molecule has 1 saturated heterocycles. The molecule has 0 bridgehead atoms. The van der Waals surface area contributed by atoms with E-state index in [0.29, 0.717) is 0 Å². The van der Waals surface area contributed by atoms with Gasteiger partial charge in [0.1, 0.15) is 0 Å². The number of alkyl halides is 4. The molecule has 2 aliphatic rings. The van der Waals surface area contributed by atoms with Gasteiger partial charge in [0.05, 0.1) is 46.7 Å². The molecule has 0 N–H and O–H groups in total. The number of aromatic nitrogens is 1. The van der Waals surface area contributed by atoms with Crippen molar-refractivity contribution in [2.24, 2.45) is 5.16 Å². The summed E-state index contributed by atoms with van der Waals surface area (Å²) < 4.78 is 71.2. The van der Waals surface area contributed by atoms with Gasteiger partial charge in [-0.1, -0.05) is 28.4 Å². The Bertz CT molecular complexity index is 1130. The lowest BCUT2D eigenvalue weighted by molar-refractivity contribution is -0.275. The van der Waals surface area contributed by atoms with Crippen LogP contribution >= 0.6 is 35.0 Å². The van der Waals surface area contributed by atoms with E-state index in [1.807, 2.05) is 0 Å². The Labute approximate surface area is 205 Å². The molecule has 1 atom stereocenters. The molecule has 0 saturated carbocycles. The molecule has 2 aromatic rings. The second-order valence-electron chi connectivity index (χ2n) is 7.96. The van der Waals surface area contributed by atoms with E-state index in [-0.39, 0.29) is 41.7 Å². The third-order valence-corrected chi connectivity index (χ3v) is 6.78. The third kappa shape index (κ3) is 4.22. The van der Waals surface area contributed by atoms with Gasteiger partial charge in [0.2, 0.25) is 5.91 Å². The Morgan fingerprint density at radius 3 is 2.41 bits per heavy atom. The number of hydrogen-bond donors (Lipinski definition) is 0. The molecule has 13 heteroatoms. The Hall–Kier alpha value is -2.11. The van der Waals surface area contributed by atoms with Crippen molar-refractivity contribution in [3.05, 3.63) is 63.1 Å². The molecule has 1 fully saturated rings. The molecule has 1 amide bonds. The Morgan fingerprint density at radius 1 is 1.24 bits per heavy atom. The highest BCUT2D eigenvalue weighted by atomic mass is 35.5. The molecule has 1 aromatic carbocycles. The van der Waals surface area contributed by atoms with E-state index in [1.54, 1.807) is 6.26 Å². The normalized spacial score (nSPS) is 21.6. The number of carbonyl (C=O) groups is 1. The molecule has 182 valence electrons. The summed E-state index contributed by atoms with van der Waals surface area (Å²) in [6, 6.07) is 4.32. The average molecular weight is 540 g/mol. The van der Waals surface area contributed by atoms with Gasteiger partial charge in [-0.25, -0.2) is 8.78 Å². The summed E-state index contributed by atoms with van der Waals surface area (Å²) in [6.45, 7) is -0.294. The van der Waals surface area contributed by atoms with Gasteiger partial charge in [-0.2, -0.15) is 24.9 Å². The van der Waals surface area contributed by atoms with Crippen LogP contribution in [0.25, 0.3) is 0 Å². The number of oxime groups is 1. The lowest BCUT2D eigenvalue weighted by Gasteiger charge is -2.43. The minimum atomic E-state index is -4.95. The maximum atomic E-state index is 15.1. The Balaban J connectivity index is 1.55. The second kappa shape index (κ2) is 8.83. The quantitative estimate of drug-likeness (QED) is 0.373. The monoisotopic (exact) mass is 539 g/mol. The van der Waals surface area contributed by atoms with Crippen molar-refractivity contribution in [1.82, 2.24) is 9.88 Å². The number of nitrogens with zero attached hydrogens (tertiary/aromatic N) is 3. The van der Waals surface area contributed by atoms with Crippen LogP contribution in [-0.4, -0.2) is 52.8 Å². The number of thioether (sulfide) groups is 1. The van der Waals surface area contributed by atoms with E-state index in [1.165, 1.54) is 35.0 Å². The van der Waals surface area contributed by atoms with Crippen LogP contribution in [0, 0.1) is 5.82 Å². The van der Waals surface area contributed by atoms with Crippen molar-refractivity contribution in [1.29, 1.82) is 0 Å². The Kier molecular flexibility index (Phi) is 6.50. The molecular formula is C21H16Cl2F5N3O2S. The molecule has 0 radical (unpaired) electrons. The number of rotatable bonds is 5. The van der Waals surface area contributed by atoms with Gasteiger partial charge in [-0.05, 0) is 30.5 Å². The predicted octanol–water partition coefficient (Wildman–Crippen LogP) is 5.48. The fourth-order valence-corrected chi connectivity index (χ4v) is 4.71. The van der Waals surface area contributed by atoms with Crippen molar-refractivity contribution in [2.75, 3.05) is 25.1 Å². The van der Waals surface area contributed by atoms with Gasteiger partial charge >= 0.3 is 6.18 Å². The maximum Gasteiger partial charge on any atom is 0.435 e. The van der Waals surface area contributed by atoms with E-state index in [0.717, 1.165) is 12.1 Å². The van der Waals surface area contributed by atoms with Crippen molar-refractivity contribution >= 4 is 46.6 Å². The first-order chi connectivity index (χ1) is 15.9. The van der Waals surface area contributed by atoms with Gasteiger partial charge in [0, 0.05) is 17.3 Å². The first-order valence-corrected chi connectivity index (χ1v) is 11.9. The first kappa shape index (κ1) is 25.0. The van der Waals surface area contributed by atoms with Crippen molar-refractivity contribution < 1.29 is 31.6 Å². The number of benzene rings is 1. The van der Waals surface area contributed by atoms with Crippen molar-refractivity contribution in [3.63, 3.8) is 0 Å². The van der Waals surface area contributed by atoms with Crippen LogP contribution < -0.4 is 0 Å². The van der Waals surface area contributed by atoms with Crippen LogP contribution in [0.5, 0.6) is 0 Å². The third-order valence-electron chi connectivity index (χ3n) is 5.70. The molecule has 0 spiro atoms. The molecule has 3 heterocycles. The molecule has 1 aromatic heterocycles. The van der Waals surface area contributed by atoms with E-state index >= 15 is 4.39 Å². The predicted molar refractivity (Wildman–Crippen MR) is 118 cm³/mol. The summed E-state index contributed by atoms with van der Waals surface area (Å²) in [5, 5.41) is 2.41.